The molecule has 2 aromatic carbocycles. The zero-order valence-corrected chi connectivity index (χ0v) is 14.9. The Hall–Kier alpha value is -3.35. The number of carbonyl (C=O) groups excluding carboxylic acids is 2. The summed E-state index contributed by atoms with van der Waals surface area (Å²) in [5.74, 6) is 0.468. The number of benzene rings is 2. The SMILES string of the molecule is COc1ccc(OC)c(/C=N\NC(=O)[C@@H](C)NC(=O)c2ccccc2)c1. The third kappa shape index (κ3) is 5.07. The minimum absolute atomic E-state index is 0.327. The highest BCUT2D eigenvalue weighted by atomic mass is 16.5. The maximum absolute atomic E-state index is 12.1. The highest BCUT2D eigenvalue weighted by Crippen LogP contribution is 2.22. The quantitative estimate of drug-likeness (QED) is 0.587. The van der Waals surface area contributed by atoms with E-state index in [-0.39, 0.29) is 5.91 Å². The highest BCUT2D eigenvalue weighted by molar-refractivity contribution is 5.97. The van der Waals surface area contributed by atoms with Crippen LogP contribution in [0, 0.1) is 0 Å². The number of nitrogens with zero attached hydrogens (tertiary/aromatic N) is 1. The van der Waals surface area contributed by atoms with Crippen LogP contribution in [0.1, 0.15) is 22.8 Å². The normalized spacial score (nSPS) is 11.7. The van der Waals surface area contributed by atoms with Crippen molar-refractivity contribution in [3.63, 3.8) is 0 Å². The van der Waals surface area contributed by atoms with Crippen molar-refractivity contribution in [2.45, 2.75) is 13.0 Å². The third-order valence-electron chi connectivity index (χ3n) is 3.59. The number of amides is 2. The molecule has 2 N–H and O–H groups in total. The largest absolute Gasteiger partial charge is 0.497 e. The van der Waals surface area contributed by atoms with Crippen molar-refractivity contribution in [1.82, 2.24) is 10.7 Å². The van der Waals surface area contributed by atoms with Gasteiger partial charge in [-0.05, 0) is 37.3 Å². The molecule has 0 aliphatic rings. The third-order valence-corrected chi connectivity index (χ3v) is 3.59. The molecule has 2 rings (SSSR count). The summed E-state index contributed by atoms with van der Waals surface area (Å²) in [6.45, 7) is 1.58. The first-order valence-electron chi connectivity index (χ1n) is 7.96. The fourth-order valence-electron chi connectivity index (χ4n) is 2.14. The lowest BCUT2D eigenvalue weighted by Crippen LogP contribution is -2.43. The molecule has 0 saturated heterocycles. The molecule has 0 bridgehead atoms. The van der Waals surface area contributed by atoms with E-state index in [9.17, 15) is 9.59 Å². The topological polar surface area (TPSA) is 89.0 Å². The number of rotatable bonds is 7. The summed E-state index contributed by atoms with van der Waals surface area (Å²) in [4.78, 5) is 24.1. The van der Waals surface area contributed by atoms with Gasteiger partial charge in [0.05, 0.1) is 20.4 Å². The predicted molar refractivity (Wildman–Crippen MR) is 98.7 cm³/mol. The molecule has 0 aliphatic carbocycles. The molecule has 0 unspecified atom stereocenters. The second kappa shape index (κ2) is 9.22. The number of ether oxygens (including phenoxy) is 2. The van der Waals surface area contributed by atoms with Crippen LogP contribution in [0.3, 0.4) is 0 Å². The van der Waals surface area contributed by atoms with Crippen LogP contribution < -0.4 is 20.2 Å². The van der Waals surface area contributed by atoms with E-state index in [2.05, 4.69) is 15.8 Å². The van der Waals surface area contributed by atoms with Gasteiger partial charge in [0.2, 0.25) is 0 Å². The van der Waals surface area contributed by atoms with Gasteiger partial charge in [-0.1, -0.05) is 18.2 Å². The molecule has 0 saturated carbocycles. The molecule has 7 heteroatoms. The van der Waals surface area contributed by atoms with E-state index >= 15 is 0 Å². The van der Waals surface area contributed by atoms with Gasteiger partial charge in [-0.3, -0.25) is 9.59 Å². The van der Waals surface area contributed by atoms with Gasteiger partial charge in [-0.2, -0.15) is 5.10 Å². The maximum Gasteiger partial charge on any atom is 0.262 e. The average molecular weight is 355 g/mol. The Morgan fingerprint density at radius 1 is 1.08 bits per heavy atom. The Morgan fingerprint density at radius 3 is 2.46 bits per heavy atom. The highest BCUT2D eigenvalue weighted by Gasteiger charge is 2.15. The van der Waals surface area contributed by atoms with E-state index < -0.39 is 11.9 Å². The Labute approximate surface area is 152 Å². The fraction of sp³-hybridized carbons (Fsp3) is 0.211. The van der Waals surface area contributed by atoms with Crippen LogP contribution in [0.2, 0.25) is 0 Å². The van der Waals surface area contributed by atoms with Crippen LogP contribution in [-0.2, 0) is 4.79 Å². The Kier molecular flexibility index (Phi) is 6.73. The molecule has 0 heterocycles. The molecule has 0 spiro atoms. The van der Waals surface area contributed by atoms with Crippen molar-refractivity contribution in [3.8, 4) is 11.5 Å². The summed E-state index contributed by atoms with van der Waals surface area (Å²) in [6, 6.07) is 13.2. The van der Waals surface area contributed by atoms with Crippen molar-refractivity contribution < 1.29 is 19.1 Å². The van der Waals surface area contributed by atoms with E-state index in [1.54, 1.807) is 63.6 Å². The van der Waals surface area contributed by atoms with Crippen LogP contribution in [0.15, 0.2) is 53.6 Å². The number of carbonyl (C=O) groups is 2. The summed E-state index contributed by atoms with van der Waals surface area (Å²) in [7, 11) is 3.10. The number of nitrogens with one attached hydrogen (secondary N) is 2. The lowest BCUT2D eigenvalue weighted by Gasteiger charge is -2.12. The molecular formula is C19H21N3O4. The second-order valence-corrected chi connectivity index (χ2v) is 5.40. The molecule has 7 nitrogen and oxygen atoms in total. The zero-order chi connectivity index (χ0) is 18.9. The first kappa shape index (κ1) is 19.0. The van der Waals surface area contributed by atoms with Crippen LogP contribution in [0.4, 0.5) is 0 Å². The molecular weight excluding hydrogens is 334 g/mol. The van der Waals surface area contributed by atoms with Crippen molar-refractivity contribution >= 4 is 18.0 Å². The maximum atomic E-state index is 12.1. The molecule has 26 heavy (non-hydrogen) atoms. The number of hydrogen-bond donors (Lipinski definition) is 2. The molecule has 2 amide bonds. The van der Waals surface area contributed by atoms with E-state index in [0.29, 0.717) is 22.6 Å². The van der Waals surface area contributed by atoms with Gasteiger partial charge < -0.3 is 14.8 Å². The zero-order valence-electron chi connectivity index (χ0n) is 14.9. The number of hydrogen-bond acceptors (Lipinski definition) is 5. The first-order chi connectivity index (χ1) is 12.5. The smallest absolute Gasteiger partial charge is 0.262 e. The lowest BCUT2D eigenvalue weighted by atomic mass is 10.2. The lowest BCUT2D eigenvalue weighted by molar-refractivity contribution is -0.122. The fourth-order valence-corrected chi connectivity index (χ4v) is 2.14. The molecule has 0 aromatic heterocycles. The first-order valence-corrected chi connectivity index (χ1v) is 7.96. The van der Waals surface area contributed by atoms with E-state index in [1.807, 2.05) is 6.07 Å². The number of hydrazone groups is 1. The van der Waals surface area contributed by atoms with Crippen LogP contribution in [-0.4, -0.2) is 38.3 Å². The minimum Gasteiger partial charge on any atom is -0.497 e. The summed E-state index contributed by atoms with van der Waals surface area (Å²) in [5, 5.41) is 6.53. The Balaban J connectivity index is 1.95. The molecule has 0 radical (unpaired) electrons. The number of methoxy groups -OCH3 is 2. The predicted octanol–water partition coefficient (Wildman–Crippen LogP) is 1.97. The molecule has 2 aromatic rings. The summed E-state index contributed by atoms with van der Waals surface area (Å²) in [5.41, 5.74) is 3.53. The molecule has 1 atom stereocenters. The summed E-state index contributed by atoms with van der Waals surface area (Å²) < 4.78 is 10.4. The molecule has 0 fully saturated rings. The second-order valence-electron chi connectivity index (χ2n) is 5.40. The standard InChI is InChI=1S/C19H21N3O4/c1-13(21-19(24)14-7-5-4-6-8-14)18(23)22-20-12-15-11-16(25-2)9-10-17(15)26-3/h4-13H,1-3H3,(H,21,24)(H,22,23)/b20-12-/t13-/m1/s1. The Bertz CT molecular complexity index is 791. The van der Waals surface area contributed by atoms with Crippen molar-refractivity contribution in [2.75, 3.05) is 14.2 Å². The van der Waals surface area contributed by atoms with Gasteiger partial charge in [0, 0.05) is 11.1 Å². The minimum atomic E-state index is -0.743. The van der Waals surface area contributed by atoms with Gasteiger partial charge in [-0.15, -0.1) is 0 Å². The van der Waals surface area contributed by atoms with Gasteiger partial charge in [0.25, 0.3) is 11.8 Å². The van der Waals surface area contributed by atoms with Crippen LogP contribution >= 0.6 is 0 Å². The van der Waals surface area contributed by atoms with E-state index in [4.69, 9.17) is 9.47 Å². The monoisotopic (exact) mass is 355 g/mol. The van der Waals surface area contributed by atoms with Crippen molar-refractivity contribution in [1.29, 1.82) is 0 Å². The van der Waals surface area contributed by atoms with Crippen molar-refractivity contribution in [2.24, 2.45) is 5.10 Å². The summed E-state index contributed by atoms with van der Waals surface area (Å²) in [6.07, 6.45) is 1.45. The Morgan fingerprint density at radius 2 is 1.81 bits per heavy atom. The van der Waals surface area contributed by atoms with E-state index in [1.165, 1.54) is 6.21 Å². The summed E-state index contributed by atoms with van der Waals surface area (Å²) >= 11 is 0. The van der Waals surface area contributed by atoms with Gasteiger partial charge in [-0.25, -0.2) is 5.43 Å². The van der Waals surface area contributed by atoms with Gasteiger partial charge >= 0.3 is 0 Å². The van der Waals surface area contributed by atoms with Crippen molar-refractivity contribution in [3.05, 3.63) is 59.7 Å². The molecule has 136 valence electrons. The van der Waals surface area contributed by atoms with Gasteiger partial charge in [0.1, 0.15) is 17.5 Å². The van der Waals surface area contributed by atoms with Gasteiger partial charge in [0.15, 0.2) is 0 Å². The van der Waals surface area contributed by atoms with Crippen LogP contribution in [0.5, 0.6) is 11.5 Å². The average Bonchev–Trinajstić information content (AvgIpc) is 2.68. The van der Waals surface area contributed by atoms with E-state index in [0.717, 1.165) is 0 Å². The molecule has 0 aliphatic heterocycles. The van der Waals surface area contributed by atoms with Crippen LogP contribution in [0.25, 0.3) is 0 Å².